The van der Waals surface area contributed by atoms with Crippen molar-refractivity contribution in [2.24, 2.45) is 46.3 Å². The molecule has 4 fully saturated rings. The molecule has 4 heteroatoms. The number of carbonyl (C=O) groups excluding carboxylic acids is 1. The molecule has 43 heavy (non-hydrogen) atoms. The summed E-state index contributed by atoms with van der Waals surface area (Å²) >= 11 is 0. The quantitative estimate of drug-likeness (QED) is 0.282. The number of nitrogens with one attached hydrogen (secondary N) is 1. The van der Waals surface area contributed by atoms with Gasteiger partial charge in [-0.2, -0.15) is 0 Å². The number of hydrogen-bond acceptors (Lipinski definition) is 3. The minimum atomic E-state index is -0.266. The Morgan fingerprint density at radius 2 is 1.53 bits per heavy atom. The van der Waals surface area contributed by atoms with Gasteiger partial charge < -0.3 is 15.5 Å². The largest absolute Gasteiger partial charge is 0.393 e. The van der Waals surface area contributed by atoms with Crippen LogP contribution in [0.3, 0.4) is 0 Å². The number of fused-ring (bicyclic) bond motifs is 5. The van der Waals surface area contributed by atoms with Gasteiger partial charge in [-0.3, -0.25) is 4.79 Å². The number of rotatable bonds is 9. The molecule has 10 atom stereocenters. The lowest BCUT2D eigenvalue weighted by Gasteiger charge is -2.62. The van der Waals surface area contributed by atoms with Gasteiger partial charge in [0.2, 0.25) is 5.91 Å². The van der Waals surface area contributed by atoms with Crippen LogP contribution in [0.5, 0.6) is 0 Å². The predicted octanol–water partition coefficient (Wildman–Crippen LogP) is 7.73. The first kappa shape index (κ1) is 30.8. The molecular weight excluding hydrogens is 530 g/mol. The van der Waals surface area contributed by atoms with E-state index in [1.807, 2.05) is 0 Å². The van der Waals surface area contributed by atoms with Gasteiger partial charge in [-0.15, -0.1) is 0 Å². The average Bonchev–Trinajstić information content (AvgIpc) is 3.38. The molecular formula is C39H55NO3. The monoisotopic (exact) mass is 585 g/mol. The van der Waals surface area contributed by atoms with E-state index in [1.165, 1.54) is 36.8 Å². The molecule has 4 nitrogen and oxygen atoms in total. The van der Waals surface area contributed by atoms with E-state index in [1.54, 1.807) is 0 Å². The fourth-order valence-electron chi connectivity index (χ4n) is 11.1. The predicted molar refractivity (Wildman–Crippen MR) is 173 cm³/mol. The van der Waals surface area contributed by atoms with Gasteiger partial charge in [0.05, 0.1) is 12.2 Å². The standard InChI is InChI=1S/C39H55NO3/c1-26(14-19-37(43)40-23-21-31(27-10-6-4-7-11-27)28-12-8-5-9-13-28)33-17-18-34-32-16-15-29-24-30(41)20-22-38(29,2)35(32)25-36(42)39(33,34)3/h4-13,26,29-36,41-42H,14-25H2,1-3H3,(H,40,43)/t26-,29+,30-,32+,33+,34-,35-,36+,38+,39-/m1/s1. The summed E-state index contributed by atoms with van der Waals surface area (Å²) in [5.74, 6) is 3.80. The maximum absolute atomic E-state index is 13.0. The molecule has 1 amide bonds. The molecule has 4 aliphatic rings. The van der Waals surface area contributed by atoms with Gasteiger partial charge in [0.25, 0.3) is 0 Å². The van der Waals surface area contributed by atoms with E-state index in [0.717, 1.165) is 38.5 Å². The van der Waals surface area contributed by atoms with E-state index < -0.39 is 0 Å². The van der Waals surface area contributed by atoms with Crippen LogP contribution in [-0.2, 0) is 4.79 Å². The zero-order valence-electron chi connectivity index (χ0n) is 26.8. The van der Waals surface area contributed by atoms with Gasteiger partial charge in [-0.05, 0) is 122 Å². The number of amides is 1. The van der Waals surface area contributed by atoms with Crippen LogP contribution >= 0.6 is 0 Å². The van der Waals surface area contributed by atoms with Crippen molar-refractivity contribution in [3.05, 3.63) is 71.8 Å². The number of aliphatic hydroxyl groups excluding tert-OH is 2. The van der Waals surface area contributed by atoms with E-state index in [0.29, 0.717) is 48.5 Å². The summed E-state index contributed by atoms with van der Waals surface area (Å²) in [5.41, 5.74) is 2.80. The maximum Gasteiger partial charge on any atom is 0.220 e. The topological polar surface area (TPSA) is 69.6 Å². The summed E-state index contributed by atoms with van der Waals surface area (Å²) in [6.07, 6.45) is 10.8. The number of carbonyl (C=O) groups is 1. The lowest BCUT2D eigenvalue weighted by molar-refractivity contribution is -0.174. The smallest absolute Gasteiger partial charge is 0.220 e. The van der Waals surface area contributed by atoms with Gasteiger partial charge in [0, 0.05) is 18.9 Å². The second-order valence-corrected chi connectivity index (χ2v) is 15.4. The number of benzene rings is 2. The molecule has 0 spiro atoms. The Morgan fingerprint density at radius 1 is 0.860 bits per heavy atom. The summed E-state index contributed by atoms with van der Waals surface area (Å²) < 4.78 is 0. The van der Waals surface area contributed by atoms with Crippen molar-refractivity contribution < 1.29 is 15.0 Å². The Bertz CT molecular complexity index is 1180. The molecule has 0 unspecified atom stereocenters. The van der Waals surface area contributed by atoms with Gasteiger partial charge in [-0.1, -0.05) is 81.4 Å². The molecule has 0 bridgehead atoms. The summed E-state index contributed by atoms with van der Waals surface area (Å²) in [7, 11) is 0. The molecule has 234 valence electrons. The van der Waals surface area contributed by atoms with Crippen LogP contribution in [0, 0.1) is 46.3 Å². The van der Waals surface area contributed by atoms with Gasteiger partial charge in [-0.25, -0.2) is 0 Å². The van der Waals surface area contributed by atoms with Gasteiger partial charge >= 0.3 is 0 Å². The first-order valence-corrected chi connectivity index (χ1v) is 17.4. The van der Waals surface area contributed by atoms with Crippen LogP contribution in [0.2, 0.25) is 0 Å². The van der Waals surface area contributed by atoms with Gasteiger partial charge in [0.1, 0.15) is 0 Å². The summed E-state index contributed by atoms with van der Waals surface area (Å²) in [6.45, 7) is 7.90. The Hall–Kier alpha value is -2.17. The third-order valence-corrected chi connectivity index (χ3v) is 13.5. The zero-order chi connectivity index (χ0) is 30.2. The first-order chi connectivity index (χ1) is 20.7. The van der Waals surface area contributed by atoms with Crippen LogP contribution < -0.4 is 5.32 Å². The minimum Gasteiger partial charge on any atom is -0.393 e. The van der Waals surface area contributed by atoms with Crippen molar-refractivity contribution in [2.75, 3.05) is 6.54 Å². The van der Waals surface area contributed by atoms with Crippen molar-refractivity contribution in [3.8, 4) is 0 Å². The molecule has 0 heterocycles. The molecule has 0 radical (unpaired) electrons. The van der Waals surface area contributed by atoms with E-state index >= 15 is 0 Å². The summed E-state index contributed by atoms with van der Waals surface area (Å²) in [6, 6.07) is 21.2. The van der Waals surface area contributed by atoms with Crippen LogP contribution in [-0.4, -0.2) is 34.9 Å². The lowest BCUT2D eigenvalue weighted by atomic mass is 9.43. The third kappa shape index (κ3) is 5.84. The molecule has 4 saturated carbocycles. The SMILES string of the molecule is C[C@H](CCC(=O)NCCC(c1ccccc1)c1ccccc1)[C@@H]1CC[C@@H]2[C@@H]3CC[C@H]4C[C@H](O)CC[C@]4(C)[C@@H]3C[C@H](O)[C@@]21C. The van der Waals surface area contributed by atoms with Crippen molar-refractivity contribution in [2.45, 2.75) is 110 Å². The summed E-state index contributed by atoms with van der Waals surface area (Å²) in [4.78, 5) is 13.0. The Balaban J connectivity index is 1.04. The van der Waals surface area contributed by atoms with Crippen molar-refractivity contribution in [1.82, 2.24) is 5.32 Å². The average molecular weight is 586 g/mol. The normalized spacial score (nSPS) is 37.7. The molecule has 0 aromatic heterocycles. The first-order valence-electron chi connectivity index (χ1n) is 17.4. The Kier molecular flexibility index (Phi) is 9.09. The molecule has 3 N–H and O–H groups in total. The van der Waals surface area contributed by atoms with Crippen molar-refractivity contribution >= 4 is 5.91 Å². The second-order valence-electron chi connectivity index (χ2n) is 15.4. The molecule has 0 saturated heterocycles. The highest BCUT2D eigenvalue weighted by atomic mass is 16.3. The van der Waals surface area contributed by atoms with Crippen LogP contribution in [0.15, 0.2) is 60.7 Å². The van der Waals surface area contributed by atoms with E-state index in [-0.39, 0.29) is 34.9 Å². The minimum absolute atomic E-state index is 0.0486. The third-order valence-electron chi connectivity index (χ3n) is 13.5. The van der Waals surface area contributed by atoms with E-state index in [2.05, 4.69) is 86.8 Å². The molecule has 0 aliphatic heterocycles. The van der Waals surface area contributed by atoms with Gasteiger partial charge in [0.15, 0.2) is 0 Å². The van der Waals surface area contributed by atoms with Crippen LogP contribution in [0.25, 0.3) is 0 Å². The molecule has 2 aromatic carbocycles. The summed E-state index contributed by atoms with van der Waals surface area (Å²) in [5, 5.41) is 25.5. The van der Waals surface area contributed by atoms with E-state index in [4.69, 9.17) is 0 Å². The number of hydrogen-bond donors (Lipinski definition) is 3. The second kappa shape index (κ2) is 12.7. The number of aliphatic hydroxyl groups is 2. The zero-order valence-corrected chi connectivity index (χ0v) is 26.8. The highest BCUT2D eigenvalue weighted by molar-refractivity contribution is 5.75. The Labute approximate surface area is 260 Å². The highest BCUT2D eigenvalue weighted by Gasteiger charge is 2.63. The van der Waals surface area contributed by atoms with E-state index in [9.17, 15) is 15.0 Å². The van der Waals surface area contributed by atoms with Crippen LogP contribution in [0.4, 0.5) is 0 Å². The Morgan fingerprint density at radius 3 is 2.21 bits per heavy atom. The van der Waals surface area contributed by atoms with Crippen LogP contribution in [0.1, 0.15) is 108 Å². The fourth-order valence-corrected chi connectivity index (χ4v) is 11.1. The fraction of sp³-hybridized carbons (Fsp3) is 0.667. The lowest BCUT2D eigenvalue weighted by Crippen LogP contribution is -2.58. The molecule has 2 aromatic rings. The maximum atomic E-state index is 13.0. The van der Waals surface area contributed by atoms with Crippen molar-refractivity contribution in [3.63, 3.8) is 0 Å². The van der Waals surface area contributed by atoms with Crippen molar-refractivity contribution in [1.29, 1.82) is 0 Å². The molecule has 4 aliphatic carbocycles. The molecule has 6 rings (SSSR count). The highest BCUT2D eigenvalue weighted by Crippen LogP contribution is 2.68.